The van der Waals surface area contributed by atoms with E-state index >= 15 is 0 Å². The Morgan fingerprint density at radius 3 is 2.61 bits per heavy atom. The highest BCUT2D eigenvalue weighted by molar-refractivity contribution is 7.22. The topological polar surface area (TPSA) is 45.6 Å². The lowest BCUT2D eigenvalue weighted by molar-refractivity contribution is -0.119. The summed E-state index contributed by atoms with van der Waals surface area (Å²) in [6, 6.07) is 17.9. The van der Waals surface area contributed by atoms with E-state index in [1.54, 1.807) is 0 Å². The van der Waals surface area contributed by atoms with Crippen molar-refractivity contribution in [3.8, 4) is 0 Å². The summed E-state index contributed by atoms with van der Waals surface area (Å²) in [4.78, 5) is 17.3. The van der Waals surface area contributed by atoms with E-state index in [2.05, 4.69) is 10.1 Å². The van der Waals surface area contributed by atoms with Gasteiger partial charge in [0.2, 0.25) is 5.13 Å². The van der Waals surface area contributed by atoms with Gasteiger partial charge in [-0.05, 0) is 31.0 Å². The Morgan fingerprint density at radius 1 is 1.09 bits per heavy atom. The molecule has 1 atom stereocenters. The molecular formula is C18H15N3OS. The van der Waals surface area contributed by atoms with Gasteiger partial charge in [-0.25, -0.2) is 4.98 Å². The van der Waals surface area contributed by atoms with Crippen LogP contribution in [0.2, 0.25) is 0 Å². The summed E-state index contributed by atoms with van der Waals surface area (Å²) in [7, 11) is 0. The van der Waals surface area contributed by atoms with E-state index in [4.69, 9.17) is 0 Å². The fourth-order valence-corrected chi connectivity index (χ4v) is 3.70. The molecule has 114 valence electrons. The molecule has 0 N–H and O–H groups in total. The van der Waals surface area contributed by atoms with E-state index in [0.29, 0.717) is 11.6 Å². The number of para-hydroxylation sites is 1. The number of carbonyl (C=O) groups is 1. The molecule has 0 spiro atoms. The average Bonchev–Trinajstić information content (AvgIpc) is 3.12. The summed E-state index contributed by atoms with van der Waals surface area (Å²) in [6.45, 7) is 1.92. The maximum Gasteiger partial charge on any atom is 0.258 e. The molecule has 5 heteroatoms. The number of carbonyl (C=O) groups excluding carboxylic acids is 1. The van der Waals surface area contributed by atoms with Crippen LogP contribution >= 0.6 is 11.3 Å². The van der Waals surface area contributed by atoms with E-state index in [9.17, 15) is 4.79 Å². The minimum atomic E-state index is -0.204. The molecule has 1 aliphatic rings. The molecule has 2 aromatic carbocycles. The smallest absolute Gasteiger partial charge is 0.258 e. The first kappa shape index (κ1) is 14.1. The number of nitrogens with zero attached hydrogens (tertiary/aromatic N) is 3. The Kier molecular flexibility index (Phi) is 3.42. The second-order valence-corrected chi connectivity index (χ2v) is 6.61. The van der Waals surface area contributed by atoms with Crippen molar-refractivity contribution < 1.29 is 4.79 Å². The number of amides is 1. The molecule has 0 saturated carbocycles. The van der Waals surface area contributed by atoms with E-state index < -0.39 is 0 Å². The summed E-state index contributed by atoms with van der Waals surface area (Å²) in [5.41, 5.74) is 2.89. The van der Waals surface area contributed by atoms with Crippen molar-refractivity contribution in [2.45, 2.75) is 13.3 Å². The van der Waals surface area contributed by atoms with Gasteiger partial charge in [0.25, 0.3) is 5.91 Å². The van der Waals surface area contributed by atoms with Crippen molar-refractivity contribution in [2.24, 2.45) is 11.0 Å². The van der Waals surface area contributed by atoms with Crippen LogP contribution < -0.4 is 5.01 Å². The SMILES string of the molecule is CC1=NN(c2nc3ccccc3s2)C(=O)[C@H]1Cc1ccccc1. The Morgan fingerprint density at radius 2 is 1.83 bits per heavy atom. The Labute approximate surface area is 138 Å². The molecule has 1 aromatic heterocycles. The summed E-state index contributed by atoms with van der Waals surface area (Å²) < 4.78 is 1.06. The lowest BCUT2D eigenvalue weighted by Gasteiger charge is -2.11. The number of anilines is 1. The second-order valence-electron chi connectivity index (χ2n) is 5.60. The first-order chi connectivity index (χ1) is 11.2. The van der Waals surface area contributed by atoms with Gasteiger partial charge in [-0.3, -0.25) is 4.79 Å². The Bertz CT molecular complexity index is 868. The van der Waals surface area contributed by atoms with Crippen LogP contribution in [-0.2, 0) is 11.2 Å². The van der Waals surface area contributed by atoms with Gasteiger partial charge in [-0.15, -0.1) is 0 Å². The number of hydrazone groups is 1. The van der Waals surface area contributed by atoms with E-state index in [1.807, 2.05) is 61.5 Å². The zero-order valence-corrected chi connectivity index (χ0v) is 13.5. The zero-order chi connectivity index (χ0) is 15.8. The number of thiazole rings is 1. The van der Waals surface area contributed by atoms with Crippen LogP contribution in [0.5, 0.6) is 0 Å². The molecule has 0 bridgehead atoms. The molecule has 1 amide bonds. The van der Waals surface area contributed by atoms with Crippen LogP contribution in [-0.4, -0.2) is 16.6 Å². The maximum absolute atomic E-state index is 12.8. The quantitative estimate of drug-likeness (QED) is 0.735. The minimum Gasteiger partial charge on any atom is -0.272 e. The van der Waals surface area contributed by atoms with E-state index in [0.717, 1.165) is 21.5 Å². The van der Waals surface area contributed by atoms with E-state index in [1.165, 1.54) is 16.3 Å². The molecule has 2 heterocycles. The molecule has 1 aliphatic heterocycles. The van der Waals surface area contributed by atoms with Crippen molar-refractivity contribution in [3.05, 3.63) is 60.2 Å². The summed E-state index contributed by atoms with van der Waals surface area (Å²) in [5.74, 6) is -0.199. The highest BCUT2D eigenvalue weighted by Crippen LogP contribution is 2.32. The third kappa shape index (κ3) is 2.53. The normalized spacial score (nSPS) is 17.8. The predicted octanol–water partition coefficient (Wildman–Crippen LogP) is 3.88. The highest BCUT2D eigenvalue weighted by Gasteiger charge is 2.35. The van der Waals surface area contributed by atoms with Crippen LogP contribution in [0.4, 0.5) is 5.13 Å². The third-order valence-corrected chi connectivity index (χ3v) is 5.03. The Hall–Kier alpha value is -2.53. The van der Waals surface area contributed by atoms with Crippen molar-refractivity contribution in [2.75, 3.05) is 5.01 Å². The molecule has 4 rings (SSSR count). The highest BCUT2D eigenvalue weighted by atomic mass is 32.1. The largest absolute Gasteiger partial charge is 0.272 e. The van der Waals surface area contributed by atoms with Crippen LogP contribution in [0, 0.1) is 5.92 Å². The molecular weight excluding hydrogens is 306 g/mol. The van der Waals surface area contributed by atoms with Crippen molar-refractivity contribution in [1.82, 2.24) is 4.98 Å². The second kappa shape index (κ2) is 5.59. The summed E-state index contributed by atoms with van der Waals surface area (Å²) >= 11 is 1.50. The number of hydrogen-bond donors (Lipinski definition) is 0. The monoisotopic (exact) mass is 321 g/mol. The zero-order valence-electron chi connectivity index (χ0n) is 12.6. The van der Waals surface area contributed by atoms with Crippen molar-refractivity contribution >= 4 is 38.3 Å². The van der Waals surface area contributed by atoms with Gasteiger partial charge in [0.15, 0.2) is 0 Å². The van der Waals surface area contributed by atoms with Crippen molar-refractivity contribution in [1.29, 1.82) is 0 Å². The fraction of sp³-hybridized carbons (Fsp3) is 0.167. The molecule has 0 unspecified atom stereocenters. The number of rotatable bonds is 3. The molecule has 0 fully saturated rings. The lowest BCUT2D eigenvalue weighted by atomic mass is 9.95. The summed E-state index contributed by atoms with van der Waals surface area (Å²) in [5, 5.41) is 6.57. The first-order valence-electron chi connectivity index (χ1n) is 7.51. The van der Waals surface area contributed by atoms with Gasteiger partial charge < -0.3 is 0 Å². The lowest BCUT2D eigenvalue weighted by Crippen LogP contribution is -2.28. The maximum atomic E-state index is 12.8. The number of hydrogen-bond acceptors (Lipinski definition) is 4. The average molecular weight is 321 g/mol. The van der Waals surface area contributed by atoms with Crippen LogP contribution in [0.1, 0.15) is 12.5 Å². The van der Waals surface area contributed by atoms with Crippen LogP contribution in [0.25, 0.3) is 10.2 Å². The predicted molar refractivity (Wildman–Crippen MR) is 93.9 cm³/mol. The van der Waals surface area contributed by atoms with Gasteiger partial charge in [-0.2, -0.15) is 10.1 Å². The molecule has 3 aromatic rings. The molecule has 23 heavy (non-hydrogen) atoms. The minimum absolute atomic E-state index is 0.00501. The van der Waals surface area contributed by atoms with Crippen LogP contribution in [0.3, 0.4) is 0 Å². The van der Waals surface area contributed by atoms with Crippen molar-refractivity contribution in [3.63, 3.8) is 0 Å². The number of aromatic nitrogens is 1. The standard InChI is InChI=1S/C18H15N3OS/c1-12-14(11-13-7-3-2-4-8-13)17(22)21(20-12)18-19-15-9-5-6-10-16(15)23-18/h2-10,14H,11H2,1H3/t14-/m0/s1. The molecule has 4 nitrogen and oxygen atoms in total. The van der Waals surface area contributed by atoms with E-state index in [-0.39, 0.29) is 11.8 Å². The van der Waals surface area contributed by atoms with Gasteiger partial charge >= 0.3 is 0 Å². The van der Waals surface area contributed by atoms with Crippen LogP contribution in [0.15, 0.2) is 59.7 Å². The summed E-state index contributed by atoms with van der Waals surface area (Å²) in [6.07, 6.45) is 0.677. The first-order valence-corrected chi connectivity index (χ1v) is 8.32. The fourth-order valence-electron chi connectivity index (χ4n) is 2.78. The third-order valence-electron chi connectivity index (χ3n) is 4.02. The Balaban J connectivity index is 1.63. The molecule has 0 saturated heterocycles. The molecule has 0 aliphatic carbocycles. The van der Waals surface area contributed by atoms with Gasteiger partial charge in [0.05, 0.1) is 16.1 Å². The van der Waals surface area contributed by atoms with Gasteiger partial charge in [0.1, 0.15) is 0 Å². The number of benzene rings is 2. The van der Waals surface area contributed by atoms with Gasteiger partial charge in [0, 0.05) is 5.71 Å². The van der Waals surface area contributed by atoms with Gasteiger partial charge in [-0.1, -0.05) is 53.8 Å². The number of fused-ring (bicyclic) bond motifs is 1. The molecule has 0 radical (unpaired) electrons.